The average Bonchev–Trinajstić information content (AvgIpc) is 2.79. The molecular weight excluding hydrogens is 554 g/mol. The molecule has 0 saturated carbocycles. The van der Waals surface area contributed by atoms with Crippen molar-refractivity contribution in [3.63, 3.8) is 0 Å². The zero-order chi connectivity index (χ0) is 22.3. The second-order valence-corrected chi connectivity index (χ2v) is 9.25. The highest BCUT2D eigenvalue weighted by molar-refractivity contribution is 9.11. The zero-order valence-corrected chi connectivity index (χ0v) is 21.0. The van der Waals surface area contributed by atoms with Crippen LogP contribution in [0.4, 0.5) is 5.69 Å². The summed E-state index contributed by atoms with van der Waals surface area (Å²) in [6.07, 6.45) is 0. The van der Waals surface area contributed by atoms with E-state index in [2.05, 4.69) is 49.3 Å². The van der Waals surface area contributed by atoms with Crippen LogP contribution in [-0.4, -0.2) is 0 Å². The van der Waals surface area contributed by atoms with E-state index in [9.17, 15) is 0 Å². The van der Waals surface area contributed by atoms with Crippen molar-refractivity contribution in [1.29, 1.82) is 0 Å². The molecule has 0 radical (unpaired) electrons. The van der Waals surface area contributed by atoms with E-state index >= 15 is 0 Å². The van der Waals surface area contributed by atoms with Crippen molar-refractivity contribution in [1.82, 2.24) is 0 Å². The second-order valence-electron chi connectivity index (χ2n) is 7.10. The lowest BCUT2D eigenvalue weighted by atomic mass is 10.2. The predicted octanol–water partition coefficient (Wildman–Crippen LogP) is 8.85. The van der Waals surface area contributed by atoms with E-state index in [-0.39, 0.29) is 0 Å². The molecule has 162 valence electrons. The summed E-state index contributed by atoms with van der Waals surface area (Å²) < 4.78 is 13.6. The van der Waals surface area contributed by atoms with Crippen molar-refractivity contribution >= 4 is 49.1 Å². The van der Waals surface area contributed by atoms with Gasteiger partial charge in [-0.2, -0.15) is 0 Å². The van der Waals surface area contributed by atoms with Crippen molar-refractivity contribution in [2.75, 3.05) is 5.32 Å². The van der Waals surface area contributed by atoms with Gasteiger partial charge in [0.1, 0.15) is 23.9 Å². The quantitative estimate of drug-likeness (QED) is 0.228. The van der Waals surface area contributed by atoms with E-state index in [4.69, 9.17) is 21.1 Å². The van der Waals surface area contributed by atoms with Gasteiger partial charge in [-0.15, -0.1) is 0 Å². The molecule has 0 unspecified atom stereocenters. The minimum Gasteiger partial charge on any atom is -0.487 e. The monoisotopic (exact) mass is 571 g/mol. The minimum atomic E-state index is 0.437. The number of halogens is 3. The normalized spacial score (nSPS) is 10.6. The highest BCUT2D eigenvalue weighted by Crippen LogP contribution is 2.35. The molecular formula is C26H20Br2ClNO2. The number of nitrogens with one attached hydrogen (secondary N) is 1. The third-order valence-electron chi connectivity index (χ3n) is 4.66. The van der Waals surface area contributed by atoms with Gasteiger partial charge < -0.3 is 14.8 Å². The number of hydrogen-bond acceptors (Lipinski definition) is 3. The number of hydrogen-bond donors (Lipinski definition) is 1. The van der Waals surface area contributed by atoms with E-state index in [1.54, 1.807) is 0 Å². The molecule has 0 aliphatic rings. The van der Waals surface area contributed by atoms with Gasteiger partial charge in [0.15, 0.2) is 0 Å². The molecule has 0 heterocycles. The summed E-state index contributed by atoms with van der Waals surface area (Å²) in [7, 11) is 0. The number of benzene rings is 4. The highest BCUT2D eigenvalue weighted by atomic mass is 79.9. The fourth-order valence-electron chi connectivity index (χ4n) is 3.10. The van der Waals surface area contributed by atoms with Crippen molar-refractivity contribution in [2.45, 2.75) is 13.2 Å². The van der Waals surface area contributed by atoms with Gasteiger partial charge in [-0.1, -0.05) is 41.9 Å². The Labute approximate surface area is 209 Å². The summed E-state index contributed by atoms with van der Waals surface area (Å²) in [4.78, 5) is 0. The Kier molecular flexibility index (Phi) is 7.74. The summed E-state index contributed by atoms with van der Waals surface area (Å²) in [6, 6.07) is 29.4. The molecule has 6 heteroatoms. The first kappa shape index (κ1) is 22.7. The lowest BCUT2D eigenvalue weighted by Crippen LogP contribution is -2.01. The van der Waals surface area contributed by atoms with Crippen LogP contribution in [0.25, 0.3) is 0 Å². The van der Waals surface area contributed by atoms with Gasteiger partial charge in [0, 0.05) is 17.3 Å². The number of ether oxygens (including phenoxy) is 2. The molecule has 0 aliphatic carbocycles. The molecule has 0 saturated heterocycles. The Morgan fingerprint density at radius 3 is 2.09 bits per heavy atom. The molecule has 0 amide bonds. The standard InChI is InChI=1S/C26H20Br2ClNO2/c27-24-14-19(15-25(28)26(24)31-17-18-5-4-6-20(29)13-18)16-30-21-9-11-23(12-10-21)32-22-7-2-1-3-8-22/h1-15,30H,16-17H2. The maximum absolute atomic E-state index is 6.05. The molecule has 0 aliphatic heterocycles. The summed E-state index contributed by atoms with van der Waals surface area (Å²) >= 11 is 13.3. The molecule has 4 aromatic rings. The van der Waals surface area contributed by atoms with Crippen LogP contribution in [0.3, 0.4) is 0 Å². The lowest BCUT2D eigenvalue weighted by molar-refractivity contribution is 0.302. The molecule has 0 bridgehead atoms. The predicted molar refractivity (Wildman–Crippen MR) is 138 cm³/mol. The maximum atomic E-state index is 6.05. The largest absolute Gasteiger partial charge is 0.487 e. The smallest absolute Gasteiger partial charge is 0.148 e. The fraction of sp³-hybridized carbons (Fsp3) is 0.0769. The summed E-state index contributed by atoms with van der Waals surface area (Å²) in [5, 5.41) is 4.14. The first-order valence-corrected chi connectivity index (χ1v) is 12.0. The van der Waals surface area contributed by atoms with E-state index in [0.29, 0.717) is 18.2 Å². The first-order chi connectivity index (χ1) is 15.6. The molecule has 4 aromatic carbocycles. The Hall–Kier alpha value is -2.47. The Morgan fingerprint density at radius 1 is 0.719 bits per heavy atom. The second kappa shape index (κ2) is 10.9. The van der Waals surface area contributed by atoms with Gasteiger partial charge >= 0.3 is 0 Å². The number of para-hydroxylation sites is 1. The van der Waals surface area contributed by atoms with Crippen LogP contribution in [0.2, 0.25) is 5.02 Å². The van der Waals surface area contributed by atoms with Crippen LogP contribution in [0.15, 0.2) is 99.9 Å². The zero-order valence-electron chi connectivity index (χ0n) is 17.0. The summed E-state index contributed by atoms with van der Waals surface area (Å²) in [5.41, 5.74) is 3.14. The maximum Gasteiger partial charge on any atom is 0.148 e. The van der Waals surface area contributed by atoms with Crippen LogP contribution in [0.1, 0.15) is 11.1 Å². The summed E-state index contributed by atoms with van der Waals surface area (Å²) in [6.45, 7) is 1.11. The SMILES string of the molecule is Clc1cccc(COc2c(Br)cc(CNc3ccc(Oc4ccccc4)cc3)cc2Br)c1. The molecule has 0 spiro atoms. The van der Waals surface area contributed by atoms with Gasteiger partial charge in [-0.05, 0) is 104 Å². The van der Waals surface area contributed by atoms with Crippen LogP contribution < -0.4 is 14.8 Å². The Balaban J connectivity index is 1.35. The number of rotatable bonds is 8. The molecule has 32 heavy (non-hydrogen) atoms. The van der Waals surface area contributed by atoms with E-state index in [1.807, 2.05) is 78.9 Å². The Morgan fingerprint density at radius 2 is 1.41 bits per heavy atom. The van der Waals surface area contributed by atoms with Crippen LogP contribution in [-0.2, 0) is 13.2 Å². The van der Waals surface area contributed by atoms with Crippen molar-refractivity contribution in [3.8, 4) is 17.2 Å². The van der Waals surface area contributed by atoms with E-state index in [1.165, 1.54) is 0 Å². The van der Waals surface area contributed by atoms with E-state index < -0.39 is 0 Å². The van der Waals surface area contributed by atoms with Gasteiger partial charge in [0.2, 0.25) is 0 Å². The molecule has 4 rings (SSSR count). The topological polar surface area (TPSA) is 30.5 Å². The summed E-state index contributed by atoms with van der Waals surface area (Å²) in [5.74, 6) is 2.38. The third kappa shape index (κ3) is 6.28. The van der Waals surface area contributed by atoms with Gasteiger partial charge in [-0.25, -0.2) is 0 Å². The van der Waals surface area contributed by atoms with Crippen molar-refractivity contribution < 1.29 is 9.47 Å². The minimum absolute atomic E-state index is 0.437. The highest BCUT2D eigenvalue weighted by Gasteiger charge is 2.10. The fourth-order valence-corrected chi connectivity index (χ4v) is 4.83. The van der Waals surface area contributed by atoms with Crippen molar-refractivity contribution in [3.05, 3.63) is 116 Å². The Bertz CT molecular complexity index is 1160. The van der Waals surface area contributed by atoms with Gasteiger partial charge in [0.05, 0.1) is 8.95 Å². The first-order valence-electron chi connectivity index (χ1n) is 9.99. The molecule has 0 aromatic heterocycles. The van der Waals surface area contributed by atoms with Gasteiger partial charge in [-0.3, -0.25) is 0 Å². The third-order valence-corrected chi connectivity index (χ3v) is 6.07. The molecule has 0 fully saturated rings. The molecule has 3 nitrogen and oxygen atoms in total. The van der Waals surface area contributed by atoms with Crippen molar-refractivity contribution in [2.24, 2.45) is 0 Å². The van der Waals surface area contributed by atoms with Gasteiger partial charge in [0.25, 0.3) is 0 Å². The van der Waals surface area contributed by atoms with Crippen LogP contribution >= 0.6 is 43.5 Å². The van der Waals surface area contributed by atoms with Crippen LogP contribution in [0.5, 0.6) is 17.2 Å². The average molecular weight is 574 g/mol. The van der Waals surface area contributed by atoms with E-state index in [0.717, 1.165) is 43.0 Å². The molecule has 1 N–H and O–H groups in total. The number of anilines is 1. The van der Waals surface area contributed by atoms with Crippen LogP contribution in [0, 0.1) is 0 Å². The molecule has 0 atom stereocenters. The lowest BCUT2D eigenvalue weighted by Gasteiger charge is -2.14.